The number of methoxy groups -OCH3 is 1. The zero-order valence-corrected chi connectivity index (χ0v) is 23.2. The topological polar surface area (TPSA) is 102 Å². The highest BCUT2D eigenvalue weighted by atomic mass is 127. The van der Waals surface area contributed by atoms with E-state index < -0.39 is 30.4 Å². The molecule has 0 amide bonds. The number of aromatic nitrogens is 3. The Balaban J connectivity index is 1.39. The number of carbonyl (C=O) groups is 2. The first-order valence-corrected chi connectivity index (χ1v) is 13.1. The molecule has 38 heavy (non-hydrogen) atoms. The normalized spacial score (nSPS) is 18.9. The number of carbonyl (C=O) groups excluding carboxylic acids is 2. The van der Waals surface area contributed by atoms with Gasteiger partial charge in [0, 0.05) is 16.2 Å². The number of hydrogen-bond donors (Lipinski definition) is 0. The van der Waals surface area contributed by atoms with E-state index >= 15 is 0 Å². The van der Waals surface area contributed by atoms with Crippen LogP contribution in [0.25, 0.3) is 11.0 Å². The number of hydrogen-bond acceptors (Lipinski definition) is 8. The minimum absolute atomic E-state index is 0.0797. The Morgan fingerprint density at radius 2 is 1.63 bits per heavy atom. The van der Waals surface area contributed by atoms with E-state index in [1.807, 2.05) is 48.9 Å². The molecule has 1 aliphatic rings. The van der Waals surface area contributed by atoms with Gasteiger partial charge in [0.05, 0.1) is 23.6 Å². The molecule has 2 aromatic carbocycles. The highest BCUT2D eigenvalue weighted by Gasteiger charge is 2.41. The fourth-order valence-electron chi connectivity index (χ4n) is 4.36. The van der Waals surface area contributed by atoms with Crippen LogP contribution in [0.3, 0.4) is 0 Å². The van der Waals surface area contributed by atoms with Crippen LogP contribution in [0, 0.1) is 17.4 Å². The van der Waals surface area contributed by atoms with E-state index in [0.29, 0.717) is 29.1 Å². The first-order chi connectivity index (χ1) is 18.3. The summed E-state index contributed by atoms with van der Waals surface area (Å²) < 4.78 is 26.0. The van der Waals surface area contributed by atoms with E-state index in [-0.39, 0.29) is 6.61 Å². The lowest BCUT2D eigenvalue weighted by Gasteiger charge is -2.19. The van der Waals surface area contributed by atoms with Crippen LogP contribution < -0.4 is 4.74 Å². The van der Waals surface area contributed by atoms with Gasteiger partial charge in [-0.25, -0.2) is 19.6 Å². The standard InChI is InChI=1S/C28H26IN3O6/c1-16-4-8-18(9-5-16)27(33)36-14-22-21(38-28(34)19-10-6-17(2)7-11-19)12-23(37-22)32-13-20(29)24-25(32)30-15-31-26(24)35-3/h4-11,13,15,21-23H,12,14H2,1-3H3/t21-,22+,23+/m0/s1. The van der Waals surface area contributed by atoms with Crippen LogP contribution >= 0.6 is 22.6 Å². The van der Waals surface area contributed by atoms with E-state index in [1.54, 1.807) is 31.4 Å². The maximum atomic E-state index is 13.0. The molecule has 1 aliphatic heterocycles. The van der Waals surface area contributed by atoms with Gasteiger partial charge < -0.3 is 23.5 Å². The van der Waals surface area contributed by atoms with Crippen LogP contribution in [-0.4, -0.2) is 52.4 Å². The van der Waals surface area contributed by atoms with Crippen molar-refractivity contribution in [2.75, 3.05) is 13.7 Å². The lowest BCUT2D eigenvalue weighted by atomic mass is 10.1. The molecule has 1 fully saturated rings. The summed E-state index contributed by atoms with van der Waals surface area (Å²) in [5.41, 5.74) is 3.59. The number of rotatable bonds is 7. The zero-order valence-electron chi connectivity index (χ0n) is 21.1. The Bertz CT molecular complexity index is 1470. The minimum Gasteiger partial charge on any atom is -0.480 e. The van der Waals surface area contributed by atoms with Crippen molar-refractivity contribution in [2.45, 2.75) is 38.7 Å². The smallest absolute Gasteiger partial charge is 0.338 e. The van der Waals surface area contributed by atoms with E-state index in [4.69, 9.17) is 18.9 Å². The average molecular weight is 627 g/mol. The van der Waals surface area contributed by atoms with Crippen molar-refractivity contribution in [3.63, 3.8) is 0 Å². The summed E-state index contributed by atoms with van der Waals surface area (Å²) in [6.07, 6.45) is 1.82. The largest absolute Gasteiger partial charge is 0.480 e. The molecule has 0 saturated carbocycles. The van der Waals surface area contributed by atoms with Gasteiger partial charge in [-0.1, -0.05) is 35.4 Å². The fraction of sp³-hybridized carbons (Fsp3) is 0.286. The molecule has 3 atom stereocenters. The lowest BCUT2D eigenvalue weighted by molar-refractivity contribution is -0.0562. The van der Waals surface area contributed by atoms with E-state index in [0.717, 1.165) is 20.1 Å². The van der Waals surface area contributed by atoms with Crippen LogP contribution in [0.5, 0.6) is 5.88 Å². The van der Waals surface area contributed by atoms with Crippen LogP contribution in [0.2, 0.25) is 0 Å². The van der Waals surface area contributed by atoms with Gasteiger partial charge in [0.2, 0.25) is 5.88 Å². The van der Waals surface area contributed by atoms with Crippen LogP contribution in [-0.2, 0) is 14.2 Å². The van der Waals surface area contributed by atoms with Crippen LogP contribution in [0.15, 0.2) is 61.1 Å². The Kier molecular flexibility index (Phi) is 7.61. The summed E-state index contributed by atoms with van der Waals surface area (Å²) in [5.74, 6) is -0.480. The third-order valence-electron chi connectivity index (χ3n) is 6.42. The predicted octanol–water partition coefficient (Wildman–Crippen LogP) is 5.03. The molecule has 0 bridgehead atoms. The Labute approximate surface area is 233 Å². The molecule has 1 saturated heterocycles. The second-order valence-electron chi connectivity index (χ2n) is 9.11. The molecular weight excluding hydrogens is 601 g/mol. The van der Waals surface area contributed by atoms with Gasteiger partial charge in [0.25, 0.3) is 0 Å². The van der Waals surface area contributed by atoms with Crippen molar-refractivity contribution in [2.24, 2.45) is 0 Å². The molecule has 4 aromatic rings. The number of benzene rings is 2. The summed E-state index contributed by atoms with van der Waals surface area (Å²) in [6, 6.07) is 14.3. The van der Waals surface area contributed by atoms with Crippen molar-refractivity contribution in [1.82, 2.24) is 14.5 Å². The first-order valence-electron chi connectivity index (χ1n) is 12.1. The molecule has 3 heterocycles. The Hall–Kier alpha value is -3.51. The number of ether oxygens (including phenoxy) is 4. The summed E-state index contributed by atoms with van der Waals surface area (Å²) in [5, 5.41) is 0.765. The highest BCUT2D eigenvalue weighted by molar-refractivity contribution is 14.1. The van der Waals surface area contributed by atoms with Gasteiger partial charge in [-0.15, -0.1) is 0 Å². The van der Waals surface area contributed by atoms with E-state index in [1.165, 1.54) is 6.33 Å². The first kappa shape index (κ1) is 26.1. The highest BCUT2D eigenvalue weighted by Crippen LogP contribution is 2.37. The molecule has 196 valence electrons. The Morgan fingerprint density at radius 1 is 1.00 bits per heavy atom. The number of aryl methyl sites for hydroxylation is 2. The SMILES string of the molecule is COc1ncnc2c1c(I)cn2[C@H]1C[C@H](OC(=O)c2ccc(C)cc2)[C@@H](COC(=O)c2ccc(C)cc2)O1. The maximum absolute atomic E-state index is 13.0. The molecular formula is C28H26IN3O6. The third-order valence-corrected chi connectivity index (χ3v) is 7.24. The van der Waals surface area contributed by atoms with Crippen molar-refractivity contribution in [3.05, 3.63) is 86.9 Å². The number of halogens is 1. The third kappa shape index (κ3) is 5.37. The molecule has 0 unspecified atom stereocenters. The number of nitrogens with zero attached hydrogens (tertiary/aromatic N) is 3. The molecule has 10 heteroatoms. The summed E-state index contributed by atoms with van der Waals surface area (Å²) >= 11 is 2.20. The second kappa shape index (κ2) is 11.1. The van der Waals surface area contributed by atoms with Crippen LogP contribution in [0.1, 0.15) is 44.5 Å². The summed E-state index contributed by atoms with van der Waals surface area (Å²) in [6.45, 7) is 3.81. The van der Waals surface area contributed by atoms with Gasteiger partial charge in [-0.3, -0.25) is 0 Å². The van der Waals surface area contributed by atoms with Gasteiger partial charge in [-0.05, 0) is 60.7 Å². The molecule has 0 spiro atoms. The quantitative estimate of drug-likeness (QED) is 0.208. The van der Waals surface area contributed by atoms with Gasteiger partial charge in [-0.2, -0.15) is 0 Å². The molecule has 0 radical (unpaired) electrons. The molecule has 2 aromatic heterocycles. The van der Waals surface area contributed by atoms with Gasteiger partial charge >= 0.3 is 11.9 Å². The summed E-state index contributed by atoms with van der Waals surface area (Å²) in [4.78, 5) is 34.3. The second-order valence-corrected chi connectivity index (χ2v) is 10.3. The minimum atomic E-state index is -0.678. The van der Waals surface area contributed by atoms with E-state index in [9.17, 15) is 9.59 Å². The van der Waals surface area contributed by atoms with Crippen molar-refractivity contribution < 1.29 is 28.5 Å². The summed E-state index contributed by atoms with van der Waals surface area (Å²) in [7, 11) is 1.56. The predicted molar refractivity (Wildman–Crippen MR) is 147 cm³/mol. The zero-order chi connectivity index (χ0) is 26.8. The maximum Gasteiger partial charge on any atom is 0.338 e. The molecule has 5 rings (SSSR count). The Morgan fingerprint density at radius 3 is 2.26 bits per heavy atom. The van der Waals surface area contributed by atoms with E-state index in [2.05, 4.69) is 32.6 Å². The molecule has 9 nitrogen and oxygen atoms in total. The van der Waals surface area contributed by atoms with Crippen molar-refractivity contribution in [3.8, 4) is 5.88 Å². The monoisotopic (exact) mass is 627 g/mol. The number of esters is 2. The molecule has 0 N–H and O–H groups in total. The number of fused-ring (bicyclic) bond motifs is 1. The average Bonchev–Trinajstić information content (AvgIpc) is 3.48. The van der Waals surface area contributed by atoms with Gasteiger partial charge in [0.15, 0.2) is 0 Å². The van der Waals surface area contributed by atoms with Crippen LogP contribution in [0.4, 0.5) is 0 Å². The fourth-order valence-corrected chi connectivity index (χ4v) is 5.13. The molecule has 0 aliphatic carbocycles. The lowest BCUT2D eigenvalue weighted by Crippen LogP contribution is -2.32. The van der Waals surface area contributed by atoms with Crippen molar-refractivity contribution >= 4 is 45.6 Å². The van der Waals surface area contributed by atoms with Gasteiger partial charge in [0.1, 0.15) is 37.0 Å². The van der Waals surface area contributed by atoms with Crippen molar-refractivity contribution in [1.29, 1.82) is 0 Å².